The summed E-state index contributed by atoms with van der Waals surface area (Å²) in [5.41, 5.74) is 5.33. The van der Waals surface area contributed by atoms with Crippen LogP contribution in [0.15, 0.2) is 60.7 Å². The summed E-state index contributed by atoms with van der Waals surface area (Å²) in [4.78, 5) is 17.6. The molecular weight excluding hydrogens is 546 g/mol. The van der Waals surface area contributed by atoms with Gasteiger partial charge in [-0.05, 0) is 78.0 Å². The Bertz CT molecular complexity index is 1630. The first-order chi connectivity index (χ1) is 21.0. The van der Waals surface area contributed by atoms with Crippen molar-refractivity contribution in [3.05, 3.63) is 88.5 Å². The monoisotopic (exact) mass is 579 g/mol. The molecule has 0 N–H and O–H groups in total. The molecule has 0 saturated carbocycles. The van der Waals surface area contributed by atoms with Crippen molar-refractivity contribution in [3.8, 4) is 29.1 Å². The number of rotatable bonds is 6. The van der Waals surface area contributed by atoms with E-state index in [1.807, 2.05) is 42.5 Å². The number of nitrogens with zero attached hydrogens (tertiary/aromatic N) is 3. The van der Waals surface area contributed by atoms with Gasteiger partial charge in [-0.15, -0.1) is 0 Å². The molecule has 1 saturated heterocycles. The summed E-state index contributed by atoms with van der Waals surface area (Å²) in [7, 11) is 5.35. The maximum absolute atomic E-state index is 13.0. The smallest absolute Gasteiger partial charge is 0.330 e. The standard InChI is InChI=1S/C34H33N3O6/c1-36-25-11-22-14-31-32(43-19-42-31)16-24(22)34(36)26-12-21-13-29(39-2)30(40-3)15-23(21)28(37(26)27(25)17-35)18-41-33(38)10-9-20-7-5-4-6-8-20/h4-10,13-16,25-28,34H,11-12,18-19H2,1-3H3/b10-9+/t25-,26-,27-,28-,34+/m0/s1. The second-order valence-electron chi connectivity index (χ2n) is 11.4. The summed E-state index contributed by atoms with van der Waals surface area (Å²) in [6.45, 7) is 0.298. The van der Waals surface area contributed by atoms with Crippen molar-refractivity contribution >= 4 is 12.0 Å². The number of nitriles is 1. The van der Waals surface area contributed by atoms with Gasteiger partial charge in [-0.3, -0.25) is 9.80 Å². The van der Waals surface area contributed by atoms with Crippen molar-refractivity contribution in [2.45, 2.75) is 43.1 Å². The molecule has 4 aliphatic rings. The van der Waals surface area contributed by atoms with Crippen LogP contribution in [-0.4, -0.2) is 68.6 Å². The van der Waals surface area contributed by atoms with Crippen LogP contribution < -0.4 is 18.9 Å². The molecule has 0 radical (unpaired) electrons. The maximum atomic E-state index is 13.0. The minimum absolute atomic E-state index is 0.00901. The lowest BCUT2D eigenvalue weighted by Crippen LogP contribution is -2.68. The average molecular weight is 580 g/mol. The van der Waals surface area contributed by atoms with Gasteiger partial charge >= 0.3 is 5.97 Å². The molecular formula is C34H33N3O6. The Balaban J connectivity index is 1.29. The number of ether oxygens (including phenoxy) is 5. The van der Waals surface area contributed by atoms with Crippen molar-refractivity contribution < 1.29 is 28.5 Å². The van der Waals surface area contributed by atoms with Gasteiger partial charge in [0.2, 0.25) is 6.79 Å². The highest BCUT2D eigenvalue weighted by atomic mass is 16.7. The molecule has 4 aliphatic heterocycles. The highest BCUT2D eigenvalue weighted by molar-refractivity contribution is 5.87. The molecule has 9 nitrogen and oxygen atoms in total. The predicted molar refractivity (Wildman–Crippen MR) is 158 cm³/mol. The van der Waals surface area contributed by atoms with Crippen LogP contribution in [0.1, 0.15) is 39.9 Å². The number of likely N-dealkylation sites (N-methyl/N-ethyl adjacent to an activating group) is 1. The normalized spacial score (nSPS) is 25.3. The summed E-state index contributed by atoms with van der Waals surface area (Å²) in [6, 6.07) is 19.5. The number of piperazine rings is 1. The van der Waals surface area contributed by atoms with Gasteiger partial charge in [-0.2, -0.15) is 5.26 Å². The van der Waals surface area contributed by atoms with Crippen LogP contribution >= 0.6 is 0 Å². The number of carbonyl (C=O) groups is 1. The fraction of sp³-hybridized carbons (Fsp3) is 0.353. The Kier molecular flexibility index (Phi) is 6.96. The SMILES string of the molecule is COc1cc2c(cc1OC)[C@H](COC(=O)/C=C/c1ccccc1)N1[C@@H](C#N)[C@@H]3Cc4cc5c(cc4[C@H]([C@@H]1C2)N3C)OCO5. The zero-order chi connectivity index (χ0) is 29.7. The van der Waals surface area contributed by atoms with E-state index in [9.17, 15) is 10.1 Å². The summed E-state index contributed by atoms with van der Waals surface area (Å²) in [6.07, 6.45) is 4.57. The summed E-state index contributed by atoms with van der Waals surface area (Å²) in [5.74, 6) is 2.31. The fourth-order valence-electron chi connectivity index (χ4n) is 7.35. The third kappa shape index (κ3) is 4.58. The van der Waals surface area contributed by atoms with Crippen LogP contribution in [0.3, 0.4) is 0 Å². The van der Waals surface area contributed by atoms with Crippen molar-refractivity contribution in [1.82, 2.24) is 9.80 Å². The van der Waals surface area contributed by atoms with Crippen LogP contribution in [0.25, 0.3) is 6.08 Å². The van der Waals surface area contributed by atoms with E-state index in [0.29, 0.717) is 24.3 Å². The van der Waals surface area contributed by atoms with E-state index < -0.39 is 12.0 Å². The van der Waals surface area contributed by atoms with Gasteiger partial charge in [0.1, 0.15) is 12.6 Å². The van der Waals surface area contributed by atoms with E-state index in [2.05, 4.69) is 35.0 Å². The first kappa shape index (κ1) is 27.3. The summed E-state index contributed by atoms with van der Waals surface area (Å²) in [5, 5.41) is 10.7. The fourth-order valence-corrected chi connectivity index (χ4v) is 7.35. The highest BCUT2D eigenvalue weighted by Crippen LogP contribution is 2.52. The molecule has 0 amide bonds. The van der Waals surface area contributed by atoms with Crippen molar-refractivity contribution in [3.63, 3.8) is 0 Å². The van der Waals surface area contributed by atoms with Gasteiger partial charge in [0, 0.05) is 18.2 Å². The topological polar surface area (TPSA) is 93.5 Å². The molecule has 3 aromatic carbocycles. The number of esters is 1. The number of benzene rings is 3. The summed E-state index contributed by atoms with van der Waals surface area (Å²) < 4.78 is 28.7. The Morgan fingerprint density at radius 3 is 2.42 bits per heavy atom. The third-order valence-corrected chi connectivity index (χ3v) is 9.30. The molecule has 220 valence electrons. The van der Waals surface area contributed by atoms with E-state index in [-0.39, 0.29) is 37.6 Å². The molecule has 0 aromatic heterocycles. The van der Waals surface area contributed by atoms with E-state index in [1.165, 1.54) is 17.2 Å². The highest BCUT2D eigenvalue weighted by Gasteiger charge is 2.54. The minimum atomic E-state index is -0.436. The van der Waals surface area contributed by atoms with Gasteiger partial charge in [0.25, 0.3) is 0 Å². The molecule has 0 aliphatic carbocycles. The Labute approximate surface area is 250 Å². The number of hydrogen-bond acceptors (Lipinski definition) is 9. The zero-order valence-corrected chi connectivity index (χ0v) is 24.4. The van der Waals surface area contributed by atoms with E-state index in [0.717, 1.165) is 28.2 Å². The molecule has 0 unspecified atom stereocenters. The average Bonchev–Trinajstić information content (AvgIpc) is 3.49. The van der Waals surface area contributed by atoms with Crippen LogP contribution in [0.2, 0.25) is 0 Å². The quantitative estimate of drug-likeness (QED) is 0.310. The zero-order valence-electron chi connectivity index (χ0n) is 24.4. The largest absolute Gasteiger partial charge is 0.493 e. The number of fused-ring (bicyclic) bond motifs is 8. The molecule has 2 bridgehead atoms. The molecule has 7 rings (SSSR count). The lowest BCUT2D eigenvalue weighted by molar-refractivity contribution is -0.143. The van der Waals surface area contributed by atoms with Crippen LogP contribution in [0.5, 0.6) is 23.0 Å². The van der Waals surface area contributed by atoms with Crippen LogP contribution in [0.4, 0.5) is 0 Å². The lowest BCUT2D eigenvalue weighted by Gasteiger charge is -2.59. The van der Waals surface area contributed by atoms with Crippen molar-refractivity contribution in [2.75, 3.05) is 34.7 Å². The van der Waals surface area contributed by atoms with E-state index in [4.69, 9.17) is 23.7 Å². The number of carbonyl (C=O) groups excluding carboxylic acids is 1. The summed E-state index contributed by atoms with van der Waals surface area (Å²) >= 11 is 0. The molecule has 9 heteroatoms. The van der Waals surface area contributed by atoms with Gasteiger partial charge < -0.3 is 23.7 Å². The molecule has 3 aromatic rings. The Morgan fingerprint density at radius 1 is 0.977 bits per heavy atom. The minimum Gasteiger partial charge on any atom is -0.493 e. The van der Waals surface area contributed by atoms with Gasteiger partial charge in [-0.25, -0.2) is 4.79 Å². The Morgan fingerprint density at radius 2 is 1.67 bits per heavy atom. The van der Waals surface area contributed by atoms with Crippen LogP contribution in [-0.2, 0) is 22.4 Å². The van der Waals surface area contributed by atoms with Gasteiger partial charge in [0.05, 0.1) is 32.4 Å². The first-order valence-corrected chi connectivity index (χ1v) is 14.5. The second-order valence-corrected chi connectivity index (χ2v) is 11.4. The van der Waals surface area contributed by atoms with Gasteiger partial charge in [0.15, 0.2) is 23.0 Å². The predicted octanol–water partition coefficient (Wildman–Crippen LogP) is 4.46. The molecule has 5 atom stereocenters. The van der Waals surface area contributed by atoms with Crippen molar-refractivity contribution in [2.24, 2.45) is 0 Å². The third-order valence-electron chi connectivity index (χ3n) is 9.30. The van der Waals surface area contributed by atoms with Gasteiger partial charge in [-0.1, -0.05) is 30.3 Å². The van der Waals surface area contributed by atoms with Crippen LogP contribution in [0, 0.1) is 11.3 Å². The Hall–Kier alpha value is -4.52. The van der Waals surface area contributed by atoms with Crippen molar-refractivity contribution in [1.29, 1.82) is 5.26 Å². The first-order valence-electron chi connectivity index (χ1n) is 14.5. The number of hydrogen-bond donors (Lipinski definition) is 0. The molecule has 4 heterocycles. The second kappa shape index (κ2) is 11.0. The van der Waals surface area contributed by atoms with E-state index >= 15 is 0 Å². The molecule has 43 heavy (non-hydrogen) atoms. The molecule has 0 spiro atoms. The lowest BCUT2D eigenvalue weighted by atomic mass is 9.73. The number of methoxy groups -OCH3 is 2. The molecule has 1 fully saturated rings. The van der Waals surface area contributed by atoms with E-state index in [1.54, 1.807) is 20.3 Å². The maximum Gasteiger partial charge on any atom is 0.330 e.